The monoisotopic (exact) mass is 127 g/mol. The van der Waals surface area contributed by atoms with Gasteiger partial charge in [0.1, 0.15) is 0 Å². The highest BCUT2D eigenvalue weighted by atomic mass is 16.3. The fourth-order valence-electron chi connectivity index (χ4n) is 1.56. The van der Waals surface area contributed by atoms with Crippen LogP contribution in [-0.2, 0) is 0 Å². The fourth-order valence-corrected chi connectivity index (χ4v) is 1.56. The molecule has 2 heteroatoms. The van der Waals surface area contributed by atoms with Crippen molar-refractivity contribution in [2.75, 3.05) is 0 Å². The first-order valence-electron chi connectivity index (χ1n) is 3.37. The zero-order valence-corrected chi connectivity index (χ0v) is 5.94. The Hall–Kier alpha value is -0.370. The van der Waals surface area contributed by atoms with Crippen LogP contribution in [0.5, 0.6) is 0 Å². The van der Waals surface area contributed by atoms with Gasteiger partial charge >= 0.3 is 0 Å². The van der Waals surface area contributed by atoms with Crippen molar-refractivity contribution in [2.45, 2.75) is 32.3 Å². The molecular formula is C7H13NO. The maximum absolute atomic E-state index is 9.40. The average molecular weight is 127 g/mol. The first-order valence-corrected chi connectivity index (χ1v) is 3.37. The lowest BCUT2D eigenvalue weighted by Gasteiger charge is -2.42. The summed E-state index contributed by atoms with van der Waals surface area (Å²) >= 11 is 0. The van der Waals surface area contributed by atoms with Gasteiger partial charge in [0.2, 0.25) is 0 Å². The molecule has 0 aromatic rings. The molecule has 0 saturated heterocycles. The number of hydrogen-bond acceptors (Lipinski definition) is 2. The molecule has 0 aromatic heterocycles. The Morgan fingerprint density at radius 2 is 2.44 bits per heavy atom. The van der Waals surface area contributed by atoms with Crippen LogP contribution in [0, 0.1) is 11.3 Å². The third kappa shape index (κ3) is 0.874. The Bertz CT molecular complexity index is 140. The first-order chi connectivity index (χ1) is 4.08. The van der Waals surface area contributed by atoms with Crippen LogP contribution >= 0.6 is 0 Å². The van der Waals surface area contributed by atoms with Crippen molar-refractivity contribution < 1.29 is 5.11 Å². The molecule has 0 radical (unpaired) electrons. The van der Waals surface area contributed by atoms with Gasteiger partial charge < -0.3 is 10.5 Å². The molecule has 1 fully saturated rings. The topological polar surface area (TPSA) is 44.1 Å². The third-order valence-electron chi connectivity index (χ3n) is 2.13. The van der Waals surface area contributed by atoms with Crippen LogP contribution in [0.4, 0.5) is 0 Å². The summed E-state index contributed by atoms with van der Waals surface area (Å²) in [6, 6.07) is 0. The molecule has 2 nitrogen and oxygen atoms in total. The molecule has 0 spiro atoms. The smallest absolute Gasteiger partial charge is 0.0751 e. The Kier molecular flexibility index (Phi) is 1.35. The second-order valence-electron chi connectivity index (χ2n) is 3.02. The van der Waals surface area contributed by atoms with Gasteiger partial charge in [0.15, 0.2) is 0 Å². The molecule has 0 bridgehead atoms. The van der Waals surface area contributed by atoms with Gasteiger partial charge in [-0.05, 0) is 13.3 Å². The van der Waals surface area contributed by atoms with E-state index in [1.807, 2.05) is 6.92 Å². The summed E-state index contributed by atoms with van der Waals surface area (Å²) in [4.78, 5) is 0. The Morgan fingerprint density at radius 3 is 2.56 bits per heavy atom. The summed E-state index contributed by atoms with van der Waals surface area (Å²) in [6.07, 6.45) is 1.47. The van der Waals surface area contributed by atoms with E-state index in [0.717, 1.165) is 6.42 Å². The van der Waals surface area contributed by atoms with E-state index < -0.39 is 5.60 Å². The van der Waals surface area contributed by atoms with Gasteiger partial charge in [-0.3, -0.25) is 0 Å². The van der Waals surface area contributed by atoms with E-state index in [4.69, 9.17) is 5.41 Å². The van der Waals surface area contributed by atoms with Crippen molar-refractivity contribution in [3.05, 3.63) is 0 Å². The quantitative estimate of drug-likeness (QED) is 0.546. The van der Waals surface area contributed by atoms with E-state index in [1.165, 1.54) is 0 Å². The third-order valence-corrected chi connectivity index (χ3v) is 2.13. The van der Waals surface area contributed by atoms with Gasteiger partial charge in [0, 0.05) is 18.1 Å². The standard InChI is InChI=1S/C7H13NO/c1-3-5-6(8)4-7(5,2)9/h5,8-9H,3-4H2,1-2H3. The van der Waals surface area contributed by atoms with Crippen molar-refractivity contribution in [1.29, 1.82) is 5.41 Å². The molecule has 1 rings (SSSR count). The molecule has 2 atom stereocenters. The van der Waals surface area contributed by atoms with Crippen LogP contribution < -0.4 is 0 Å². The zero-order valence-electron chi connectivity index (χ0n) is 5.94. The maximum Gasteiger partial charge on any atom is 0.0751 e. The number of rotatable bonds is 1. The predicted octanol–water partition coefficient (Wildman–Crippen LogP) is 1.19. The van der Waals surface area contributed by atoms with Crippen molar-refractivity contribution in [3.8, 4) is 0 Å². The van der Waals surface area contributed by atoms with Crippen molar-refractivity contribution in [3.63, 3.8) is 0 Å². The highest BCUT2D eigenvalue weighted by Gasteiger charge is 2.44. The van der Waals surface area contributed by atoms with E-state index in [9.17, 15) is 5.11 Å². The lowest BCUT2D eigenvalue weighted by Crippen LogP contribution is -2.51. The van der Waals surface area contributed by atoms with Crippen molar-refractivity contribution in [1.82, 2.24) is 0 Å². The molecule has 0 aliphatic heterocycles. The Labute approximate surface area is 55.4 Å². The van der Waals surface area contributed by atoms with Crippen LogP contribution in [0.25, 0.3) is 0 Å². The van der Waals surface area contributed by atoms with E-state index in [1.54, 1.807) is 6.92 Å². The fraction of sp³-hybridized carbons (Fsp3) is 0.857. The molecule has 2 unspecified atom stereocenters. The summed E-state index contributed by atoms with van der Waals surface area (Å²) in [6.45, 7) is 3.81. The van der Waals surface area contributed by atoms with Crippen molar-refractivity contribution in [2.24, 2.45) is 5.92 Å². The molecule has 1 saturated carbocycles. The number of nitrogens with one attached hydrogen (secondary N) is 1. The van der Waals surface area contributed by atoms with Gasteiger partial charge in [-0.1, -0.05) is 6.92 Å². The normalized spacial score (nSPS) is 42.6. The minimum atomic E-state index is -0.564. The summed E-state index contributed by atoms with van der Waals surface area (Å²) in [7, 11) is 0. The summed E-state index contributed by atoms with van der Waals surface area (Å²) in [5, 5.41) is 16.7. The molecule has 2 N–H and O–H groups in total. The maximum atomic E-state index is 9.40. The molecule has 0 heterocycles. The molecule has 1 aliphatic carbocycles. The van der Waals surface area contributed by atoms with Gasteiger partial charge in [-0.25, -0.2) is 0 Å². The first kappa shape index (κ1) is 6.75. The molecular weight excluding hydrogens is 114 g/mol. The second-order valence-corrected chi connectivity index (χ2v) is 3.02. The van der Waals surface area contributed by atoms with Crippen molar-refractivity contribution >= 4 is 5.71 Å². The van der Waals surface area contributed by atoms with Gasteiger partial charge in [-0.2, -0.15) is 0 Å². The molecule has 1 aliphatic rings. The van der Waals surface area contributed by atoms with Gasteiger partial charge in [0.25, 0.3) is 0 Å². The lowest BCUT2D eigenvalue weighted by molar-refractivity contribution is -0.00148. The van der Waals surface area contributed by atoms with Gasteiger partial charge in [0.05, 0.1) is 5.60 Å². The number of aliphatic hydroxyl groups is 1. The Balaban J connectivity index is 2.58. The van der Waals surface area contributed by atoms with Crippen LogP contribution in [0.15, 0.2) is 0 Å². The van der Waals surface area contributed by atoms with E-state index in [0.29, 0.717) is 12.1 Å². The largest absolute Gasteiger partial charge is 0.389 e. The van der Waals surface area contributed by atoms with E-state index in [2.05, 4.69) is 0 Å². The van der Waals surface area contributed by atoms with Crippen LogP contribution in [-0.4, -0.2) is 16.4 Å². The minimum absolute atomic E-state index is 0.137. The minimum Gasteiger partial charge on any atom is -0.389 e. The van der Waals surface area contributed by atoms with Crippen LogP contribution in [0.3, 0.4) is 0 Å². The molecule has 52 valence electrons. The highest BCUT2D eigenvalue weighted by molar-refractivity contribution is 5.92. The SMILES string of the molecule is CCC1C(=N)CC1(C)O. The molecule has 9 heavy (non-hydrogen) atoms. The molecule has 0 amide bonds. The average Bonchev–Trinajstić information content (AvgIpc) is 1.63. The summed E-state index contributed by atoms with van der Waals surface area (Å²) < 4.78 is 0. The highest BCUT2D eigenvalue weighted by Crippen LogP contribution is 2.36. The van der Waals surface area contributed by atoms with Gasteiger partial charge in [-0.15, -0.1) is 0 Å². The lowest BCUT2D eigenvalue weighted by atomic mass is 9.68. The summed E-state index contributed by atoms with van der Waals surface area (Å²) in [5.74, 6) is 0.137. The van der Waals surface area contributed by atoms with E-state index in [-0.39, 0.29) is 5.92 Å². The number of hydrogen-bond donors (Lipinski definition) is 2. The van der Waals surface area contributed by atoms with Crippen LogP contribution in [0.2, 0.25) is 0 Å². The summed E-state index contributed by atoms with van der Waals surface area (Å²) in [5.41, 5.74) is 0.147. The second kappa shape index (κ2) is 1.81. The van der Waals surface area contributed by atoms with Crippen LogP contribution in [0.1, 0.15) is 26.7 Å². The molecule has 0 aromatic carbocycles. The predicted molar refractivity (Wildman–Crippen MR) is 36.7 cm³/mol. The van der Waals surface area contributed by atoms with E-state index >= 15 is 0 Å². The Morgan fingerprint density at radius 1 is 1.89 bits per heavy atom. The zero-order chi connectivity index (χ0) is 7.07.